The lowest BCUT2D eigenvalue weighted by molar-refractivity contribution is -0.139. The van der Waals surface area contributed by atoms with E-state index in [-0.39, 0.29) is 12.6 Å². The van der Waals surface area contributed by atoms with Gasteiger partial charge in [0.15, 0.2) is 0 Å². The molecule has 0 amide bonds. The van der Waals surface area contributed by atoms with E-state index in [4.69, 9.17) is 9.47 Å². The van der Waals surface area contributed by atoms with Crippen molar-refractivity contribution >= 4 is 17.3 Å². The Morgan fingerprint density at radius 1 is 1.57 bits per heavy atom. The van der Waals surface area contributed by atoms with Gasteiger partial charge in [0, 0.05) is 11.0 Å². The molecule has 0 saturated carbocycles. The number of rotatable bonds is 5. The third kappa shape index (κ3) is 3.62. The zero-order valence-corrected chi connectivity index (χ0v) is 8.80. The smallest absolute Gasteiger partial charge is 0.333 e. The summed E-state index contributed by atoms with van der Waals surface area (Å²) in [6, 6.07) is 1.87. The van der Waals surface area contributed by atoms with Crippen LogP contribution in [-0.4, -0.2) is 19.2 Å². The predicted octanol–water partition coefficient (Wildman–Crippen LogP) is 2.25. The summed E-state index contributed by atoms with van der Waals surface area (Å²) in [6.07, 6.45) is 0. The molecular weight excluding hydrogens is 200 g/mol. The molecule has 0 aliphatic heterocycles. The molecule has 14 heavy (non-hydrogen) atoms. The molecule has 1 aromatic rings. The molecular formula is C10H12O3S. The minimum Gasteiger partial charge on any atom is -0.489 e. The van der Waals surface area contributed by atoms with Crippen molar-refractivity contribution in [1.82, 2.24) is 0 Å². The zero-order valence-electron chi connectivity index (χ0n) is 7.99. The summed E-state index contributed by atoms with van der Waals surface area (Å²) in [5.74, 6) is 0.431. The molecule has 1 rings (SSSR count). The highest BCUT2D eigenvalue weighted by Crippen LogP contribution is 2.14. The van der Waals surface area contributed by atoms with Crippen LogP contribution in [0.15, 0.2) is 29.0 Å². The summed E-state index contributed by atoms with van der Waals surface area (Å²) in [4.78, 5) is 10.9. The lowest BCUT2D eigenvalue weighted by Gasteiger charge is -2.05. The largest absolute Gasteiger partial charge is 0.489 e. The second-order valence-corrected chi connectivity index (χ2v) is 3.50. The molecule has 76 valence electrons. The number of carbonyl (C=O) groups excluding carboxylic acids is 1. The van der Waals surface area contributed by atoms with Crippen molar-refractivity contribution in [2.75, 3.05) is 13.2 Å². The summed E-state index contributed by atoms with van der Waals surface area (Å²) in [5, 5.41) is 3.82. The topological polar surface area (TPSA) is 35.5 Å². The summed E-state index contributed by atoms with van der Waals surface area (Å²) in [5.41, 5.74) is 0.403. The first-order valence-corrected chi connectivity index (χ1v) is 5.12. The van der Waals surface area contributed by atoms with Crippen molar-refractivity contribution in [2.24, 2.45) is 0 Å². The van der Waals surface area contributed by atoms with E-state index in [0.29, 0.717) is 12.2 Å². The van der Waals surface area contributed by atoms with Gasteiger partial charge in [-0.2, -0.15) is 0 Å². The van der Waals surface area contributed by atoms with E-state index in [9.17, 15) is 4.79 Å². The average Bonchev–Trinajstić information content (AvgIpc) is 2.64. The van der Waals surface area contributed by atoms with E-state index < -0.39 is 0 Å². The highest BCUT2D eigenvalue weighted by Gasteiger charge is 2.02. The Kier molecular flexibility index (Phi) is 4.19. The van der Waals surface area contributed by atoms with Crippen molar-refractivity contribution in [3.63, 3.8) is 0 Å². The van der Waals surface area contributed by atoms with Crippen LogP contribution >= 0.6 is 11.3 Å². The number of thiophene rings is 1. The Labute approximate surface area is 87.0 Å². The molecule has 1 heterocycles. The molecule has 0 aromatic carbocycles. The van der Waals surface area contributed by atoms with Crippen molar-refractivity contribution in [1.29, 1.82) is 0 Å². The number of hydrogen-bond donors (Lipinski definition) is 0. The van der Waals surface area contributed by atoms with Gasteiger partial charge in [-0.15, -0.1) is 11.3 Å². The first-order chi connectivity index (χ1) is 6.70. The fourth-order valence-corrected chi connectivity index (χ4v) is 1.32. The summed E-state index contributed by atoms with van der Waals surface area (Å²) >= 11 is 1.56. The van der Waals surface area contributed by atoms with E-state index in [2.05, 4.69) is 6.58 Å². The van der Waals surface area contributed by atoms with Gasteiger partial charge in [-0.25, -0.2) is 4.79 Å². The van der Waals surface area contributed by atoms with Crippen LogP contribution in [0, 0.1) is 0 Å². The highest BCUT2D eigenvalue weighted by atomic mass is 32.1. The maximum Gasteiger partial charge on any atom is 0.333 e. The van der Waals surface area contributed by atoms with Crippen molar-refractivity contribution in [3.05, 3.63) is 29.0 Å². The standard InChI is InChI=1S/C10H12O3S/c1-8(2)10(11)13-5-4-12-9-3-6-14-7-9/h3,6-7H,1,4-5H2,2H3. The average molecular weight is 212 g/mol. The van der Waals surface area contributed by atoms with Gasteiger partial charge in [-0.1, -0.05) is 6.58 Å². The molecule has 0 saturated heterocycles. The normalized spacial score (nSPS) is 9.50. The number of esters is 1. The molecule has 1 aromatic heterocycles. The van der Waals surface area contributed by atoms with E-state index in [0.717, 1.165) is 5.75 Å². The van der Waals surface area contributed by atoms with Gasteiger partial charge in [-0.3, -0.25) is 0 Å². The molecule has 0 fully saturated rings. The van der Waals surface area contributed by atoms with Crippen LogP contribution in [0.5, 0.6) is 5.75 Å². The second kappa shape index (κ2) is 5.44. The van der Waals surface area contributed by atoms with Gasteiger partial charge in [-0.05, 0) is 18.4 Å². The molecule has 0 radical (unpaired) electrons. The first kappa shape index (κ1) is 10.8. The molecule has 0 N–H and O–H groups in total. The van der Waals surface area contributed by atoms with Crippen LogP contribution in [0.25, 0.3) is 0 Å². The molecule has 0 spiro atoms. The van der Waals surface area contributed by atoms with Crippen LogP contribution < -0.4 is 4.74 Å². The Morgan fingerprint density at radius 2 is 2.36 bits per heavy atom. The fraction of sp³-hybridized carbons (Fsp3) is 0.300. The van der Waals surface area contributed by atoms with E-state index in [1.807, 2.05) is 16.8 Å². The van der Waals surface area contributed by atoms with Gasteiger partial charge in [0.05, 0.1) is 0 Å². The maximum atomic E-state index is 10.9. The van der Waals surface area contributed by atoms with E-state index >= 15 is 0 Å². The van der Waals surface area contributed by atoms with E-state index in [1.165, 1.54) is 0 Å². The van der Waals surface area contributed by atoms with Crippen LogP contribution in [0.2, 0.25) is 0 Å². The van der Waals surface area contributed by atoms with Crippen molar-refractivity contribution < 1.29 is 14.3 Å². The molecule has 0 atom stereocenters. The Balaban J connectivity index is 2.11. The highest BCUT2D eigenvalue weighted by molar-refractivity contribution is 7.08. The quantitative estimate of drug-likeness (QED) is 0.426. The van der Waals surface area contributed by atoms with Crippen LogP contribution in [0.3, 0.4) is 0 Å². The SMILES string of the molecule is C=C(C)C(=O)OCCOc1ccsc1. The monoisotopic (exact) mass is 212 g/mol. The fourth-order valence-electron chi connectivity index (χ4n) is 0.751. The van der Waals surface area contributed by atoms with Gasteiger partial charge >= 0.3 is 5.97 Å². The van der Waals surface area contributed by atoms with Crippen molar-refractivity contribution in [3.8, 4) is 5.75 Å². The van der Waals surface area contributed by atoms with Crippen LogP contribution in [0.4, 0.5) is 0 Å². The predicted molar refractivity (Wildman–Crippen MR) is 55.6 cm³/mol. The summed E-state index contributed by atoms with van der Waals surface area (Å²) in [6.45, 7) is 5.71. The van der Waals surface area contributed by atoms with Crippen molar-refractivity contribution in [2.45, 2.75) is 6.92 Å². The Hall–Kier alpha value is -1.29. The maximum absolute atomic E-state index is 10.9. The van der Waals surface area contributed by atoms with Crippen LogP contribution in [-0.2, 0) is 9.53 Å². The second-order valence-electron chi connectivity index (χ2n) is 2.72. The third-order valence-corrected chi connectivity index (χ3v) is 2.09. The third-order valence-electron chi connectivity index (χ3n) is 1.43. The van der Waals surface area contributed by atoms with E-state index in [1.54, 1.807) is 18.3 Å². The lowest BCUT2D eigenvalue weighted by atomic mass is 10.4. The van der Waals surface area contributed by atoms with Gasteiger partial charge in [0.2, 0.25) is 0 Å². The summed E-state index contributed by atoms with van der Waals surface area (Å²) in [7, 11) is 0. The van der Waals surface area contributed by atoms with Gasteiger partial charge < -0.3 is 9.47 Å². The molecule has 4 heteroatoms. The number of hydrogen-bond acceptors (Lipinski definition) is 4. The van der Waals surface area contributed by atoms with Gasteiger partial charge in [0.1, 0.15) is 19.0 Å². The molecule has 0 unspecified atom stereocenters. The minimum absolute atomic E-state index is 0.252. The van der Waals surface area contributed by atoms with Crippen LogP contribution in [0.1, 0.15) is 6.92 Å². The first-order valence-electron chi connectivity index (χ1n) is 4.18. The zero-order chi connectivity index (χ0) is 10.4. The molecule has 0 bridgehead atoms. The minimum atomic E-state index is -0.376. The molecule has 3 nitrogen and oxygen atoms in total. The lowest BCUT2D eigenvalue weighted by Crippen LogP contribution is -2.12. The van der Waals surface area contributed by atoms with Gasteiger partial charge in [0.25, 0.3) is 0 Å². The number of carbonyl (C=O) groups is 1. The Bertz CT molecular complexity index is 303. The summed E-state index contributed by atoms with van der Waals surface area (Å²) < 4.78 is 10.1. The molecule has 0 aliphatic rings. The Morgan fingerprint density at radius 3 is 2.93 bits per heavy atom. The molecule has 0 aliphatic carbocycles. The number of ether oxygens (including phenoxy) is 2.